The number of rotatable bonds is 2. The minimum Gasteiger partial charge on any atom is -0.398 e. The molecule has 1 aliphatic heterocycles. The smallest absolute Gasteiger partial charge is 0.256 e. The predicted octanol–water partition coefficient (Wildman–Crippen LogP) is 0.241. The van der Waals surface area contributed by atoms with Crippen LogP contribution in [0.4, 0.5) is 10.1 Å². The van der Waals surface area contributed by atoms with Crippen molar-refractivity contribution < 1.29 is 19.0 Å². The fourth-order valence-corrected chi connectivity index (χ4v) is 1.96. The standard InChI is InChI=1S/C12H15FN2O3/c13-8-1-2-10(11(14)5-8)12(17)15-3-4-18-7-9(15)6-16/h1-2,5,9,16H,3-4,6-7,14H2. The molecule has 2 rings (SSSR count). The third kappa shape index (κ3) is 2.44. The van der Waals surface area contributed by atoms with Crippen LogP contribution in [0.3, 0.4) is 0 Å². The van der Waals surface area contributed by atoms with Crippen LogP contribution < -0.4 is 5.73 Å². The highest BCUT2D eigenvalue weighted by molar-refractivity contribution is 5.99. The molecule has 1 saturated heterocycles. The van der Waals surface area contributed by atoms with Crippen molar-refractivity contribution in [3.8, 4) is 0 Å². The second-order valence-corrected chi connectivity index (χ2v) is 4.14. The maximum Gasteiger partial charge on any atom is 0.256 e. The number of anilines is 1. The lowest BCUT2D eigenvalue weighted by Gasteiger charge is -2.34. The number of aliphatic hydroxyl groups excluding tert-OH is 1. The zero-order valence-corrected chi connectivity index (χ0v) is 9.80. The monoisotopic (exact) mass is 254 g/mol. The summed E-state index contributed by atoms with van der Waals surface area (Å²) in [7, 11) is 0. The van der Waals surface area contributed by atoms with Crippen LogP contribution in [-0.4, -0.2) is 48.3 Å². The molecule has 1 atom stereocenters. The minimum atomic E-state index is -0.482. The zero-order valence-electron chi connectivity index (χ0n) is 9.80. The van der Waals surface area contributed by atoms with E-state index in [2.05, 4.69) is 0 Å². The van der Waals surface area contributed by atoms with Crippen molar-refractivity contribution in [1.29, 1.82) is 0 Å². The molecule has 1 aliphatic rings. The molecule has 0 spiro atoms. The van der Waals surface area contributed by atoms with Gasteiger partial charge in [0.05, 0.1) is 31.4 Å². The number of hydrogen-bond acceptors (Lipinski definition) is 4. The number of nitrogens with zero attached hydrogens (tertiary/aromatic N) is 1. The first-order valence-electron chi connectivity index (χ1n) is 5.68. The van der Waals surface area contributed by atoms with Crippen LogP contribution in [-0.2, 0) is 4.74 Å². The molecule has 1 aromatic rings. The summed E-state index contributed by atoms with van der Waals surface area (Å²) in [6.07, 6.45) is 0. The number of aliphatic hydroxyl groups is 1. The molecule has 1 unspecified atom stereocenters. The van der Waals surface area contributed by atoms with Crippen LogP contribution >= 0.6 is 0 Å². The SMILES string of the molecule is Nc1cc(F)ccc1C(=O)N1CCOCC1CO. The molecule has 6 heteroatoms. The second kappa shape index (κ2) is 5.32. The molecule has 1 heterocycles. The van der Waals surface area contributed by atoms with E-state index in [-0.39, 0.29) is 29.8 Å². The van der Waals surface area contributed by atoms with Crippen molar-refractivity contribution in [1.82, 2.24) is 4.90 Å². The van der Waals surface area contributed by atoms with Gasteiger partial charge in [0.25, 0.3) is 5.91 Å². The third-order valence-corrected chi connectivity index (χ3v) is 2.94. The summed E-state index contributed by atoms with van der Waals surface area (Å²) >= 11 is 0. The summed E-state index contributed by atoms with van der Waals surface area (Å²) in [5.74, 6) is -0.792. The molecule has 1 fully saturated rings. The van der Waals surface area contributed by atoms with E-state index in [4.69, 9.17) is 10.5 Å². The Hall–Kier alpha value is -1.66. The zero-order chi connectivity index (χ0) is 13.1. The van der Waals surface area contributed by atoms with Crippen LogP contribution in [0.25, 0.3) is 0 Å². The van der Waals surface area contributed by atoms with Gasteiger partial charge in [-0.1, -0.05) is 0 Å². The highest BCUT2D eigenvalue weighted by atomic mass is 19.1. The number of benzene rings is 1. The quantitative estimate of drug-likeness (QED) is 0.741. The van der Waals surface area contributed by atoms with E-state index in [1.165, 1.54) is 17.0 Å². The Bertz CT molecular complexity index is 453. The normalized spacial score (nSPS) is 19.9. The van der Waals surface area contributed by atoms with Crippen molar-refractivity contribution in [3.63, 3.8) is 0 Å². The lowest BCUT2D eigenvalue weighted by molar-refractivity contribution is -0.0183. The van der Waals surface area contributed by atoms with Gasteiger partial charge < -0.3 is 20.5 Å². The van der Waals surface area contributed by atoms with E-state index >= 15 is 0 Å². The molecule has 98 valence electrons. The van der Waals surface area contributed by atoms with E-state index in [0.29, 0.717) is 19.8 Å². The average Bonchev–Trinajstić information content (AvgIpc) is 2.38. The van der Waals surface area contributed by atoms with Gasteiger partial charge in [0.2, 0.25) is 0 Å². The highest BCUT2D eigenvalue weighted by Crippen LogP contribution is 2.18. The Morgan fingerprint density at radius 3 is 3.06 bits per heavy atom. The number of halogens is 1. The first-order valence-corrected chi connectivity index (χ1v) is 5.68. The summed E-state index contributed by atoms with van der Waals surface area (Å²) in [5.41, 5.74) is 5.98. The summed E-state index contributed by atoms with van der Waals surface area (Å²) in [6.45, 7) is 0.931. The van der Waals surface area contributed by atoms with Gasteiger partial charge in [-0.25, -0.2) is 4.39 Å². The van der Waals surface area contributed by atoms with Crippen molar-refractivity contribution in [3.05, 3.63) is 29.6 Å². The molecule has 5 nitrogen and oxygen atoms in total. The van der Waals surface area contributed by atoms with Gasteiger partial charge in [-0.2, -0.15) is 0 Å². The number of hydrogen-bond donors (Lipinski definition) is 2. The molecule has 18 heavy (non-hydrogen) atoms. The minimum absolute atomic E-state index is 0.100. The average molecular weight is 254 g/mol. The molecule has 0 saturated carbocycles. The maximum absolute atomic E-state index is 12.9. The van der Waals surface area contributed by atoms with Gasteiger partial charge in [-0.05, 0) is 18.2 Å². The molecule has 3 N–H and O–H groups in total. The van der Waals surface area contributed by atoms with Crippen LogP contribution in [0.15, 0.2) is 18.2 Å². The summed E-state index contributed by atoms with van der Waals surface area (Å²) in [6, 6.07) is 3.28. The number of nitrogen functional groups attached to an aromatic ring is 1. The Labute approximate surface area is 104 Å². The first-order chi connectivity index (χ1) is 8.63. The van der Waals surface area contributed by atoms with Gasteiger partial charge in [-0.15, -0.1) is 0 Å². The molecule has 0 aliphatic carbocycles. The van der Waals surface area contributed by atoms with E-state index in [1.54, 1.807) is 0 Å². The van der Waals surface area contributed by atoms with Gasteiger partial charge in [0.15, 0.2) is 0 Å². The van der Waals surface area contributed by atoms with Crippen molar-refractivity contribution >= 4 is 11.6 Å². The second-order valence-electron chi connectivity index (χ2n) is 4.14. The molecule has 0 bridgehead atoms. The number of morpholine rings is 1. The van der Waals surface area contributed by atoms with Gasteiger partial charge in [0, 0.05) is 12.2 Å². The van der Waals surface area contributed by atoms with Crippen LogP contribution in [0.5, 0.6) is 0 Å². The Morgan fingerprint density at radius 1 is 1.61 bits per heavy atom. The van der Waals surface area contributed by atoms with Crippen molar-refractivity contribution in [2.75, 3.05) is 32.1 Å². The van der Waals surface area contributed by atoms with Crippen LogP contribution in [0, 0.1) is 5.82 Å². The fraction of sp³-hybridized carbons (Fsp3) is 0.417. The Kier molecular flexibility index (Phi) is 3.78. The fourth-order valence-electron chi connectivity index (χ4n) is 1.96. The van der Waals surface area contributed by atoms with Crippen LogP contribution in [0.2, 0.25) is 0 Å². The summed E-state index contributed by atoms with van der Waals surface area (Å²) in [4.78, 5) is 13.8. The molecule has 1 aromatic carbocycles. The van der Waals surface area contributed by atoms with E-state index in [1.807, 2.05) is 0 Å². The molecule has 1 amide bonds. The summed E-state index contributed by atoms with van der Waals surface area (Å²) in [5, 5.41) is 9.21. The molecule has 0 radical (unpaired) electrons. The lowest BCUT2D eigenvalue weighted by Crippen LogP contribution is -2.50. The summed E-state index contributed by atoms with van der Waals surface area (Å²) < 4.78 is 18.1. The Balaban J connectivity index is 2.24. The maximum atomic E-state index is 12.9. The van der Waals surface area contributed by atoms with Crippen molar-refractivity contribution in [2.24, 2.45) is 0 Å². The number of amides is 1. The molecular weight excluding hydrogens is 239 g/mol. The van der Waals surface area contributed by atoms with E-state index in [9.17, 15) is 14.3 Å². The third-order valence-electron chi connectivity index (χ3n) is 2.94. The number of carbonyl (C=O) groups is 1. The predicted molar refractivity (Wildman–Crippen MR) is 63.5 cm³/mol. The van der Waals surface area contributed by atoms with E-state index in [0.717, 1.165) is 6.07 Å². The first kappa shape index (κ1) is 12.8. The highest BCUT2D eigenvalue weighted by Gasteiger charge is 2.28. The van der Waals surface area contributed by atoms with Crippen LogP contribution in [0.1, 0.15) is 10.4 Å². The number of carbonyl (C=O) groups excluding carboxylic acids is 1. The van der Waals surface area contributed by atoms with Gasteiger partial charge >= 0.3 is 0 Å². The number of nitrogens with two attached hydrogens (primary N) is 1. The Morgan fingerprint density at radius 2 is 2.39 bits per heavy atom. The topological polar surface area (TPSA) is 75.8 Å². The van der Waals surface area contributed by atoms with E-state index < -0.39 is 5.82 Å². The van der Waals surface area contributed by atoms with Gasteiger partial charge in [0.1, 0.15) is 5.82 Å². The molecule has 0 aromatic heterocycles. The molecular formula is C12H15FN2O3. The number of ether oxygens (including phenoxy) is 1. The lowest BCUT2D eigenvalue weighted by atomic mass is 10.1. The van der Waals surface area contributed by atoms with Crippen molar-refractivity contribution in [2.45, 2.75) is 6.04 Å². The largest absolute Gasteiger partial charge is 0.398 e. The van der Waals surface area contributed by atoms with Gasteiger partial charge in [-0.3, -0.25) is 4.79 Å².